The van der Waals surface area contributed by atoms with Crippen LogP contribution in [0.4, 0.5) is 5.69 Å². The number of hydrogen-bond donors (Lipinski definition) is 2. The predicted octanol–water partition coefficient (Wildman–Crippen LogP) is 1.32. The quantitative estimate of drug-likeness (QED) is 0.737. The summed E-state index contributed by atoms with van der Waals surface area (Å²) in [5.41, 5.74) is 2.44. The highest BCUT2D eigenvalue weighted by atomic mass is 35.5. The standard InChI is InChI=1S/C20H24ClN3O3S/c1-16-7-8-18(21)13-19(16)22-20(25)14-23-9-11-24(12-10-23)28(26,27)15-17-5-3-2-4-6-17/h2-8,13H,9-12,14-15H2,1H3,(H,22,25)/p+1. The highest BCUT2D eigenvalue weighted by Crippen LogP contribution is 2.19. The van der Waals surface area contributed by atoms with Crippen molar-refractivity contribution in [1.29, 1.82) is 0 Å². The van der Waals surface area contributed by atoms with Gasteiger partial charge in [0.15, 0.2) is 6.54 Å². The van der Waals surface area contributed by atoms with Gasteiger partial charge >= 0.3 is 0 Å². The minimum Gasteiger partial charge on any atom is -0.325 e. The molecule has 1 amide bonds. The van der Waals surface area contributed by atoms with Crippen molar-refractivity contribution in [3.05, 3.63) is 64.7 Å². The Hall–Kier alpha value is -1.93. The summed E-state index contributed by atoms with van der Waals surface area (Å²) in [6.45, 7) is 4.28. The van der Waals surface area contributed by atoms with E-state index in [9.17, 15) is 13.2 Å². The molecule has 3 rings (SSSR count). The highest BCUT2D eigenvalue weighted by Gasteiger charge is 2.30. The summed E-state index contributed by atoms with van der Waals surface area (Å²) in [6, 6.07) is 14.6. The molecule has 2 N–H and O–H groups in total. The number of benzene rings is 2. The number of amides is 1. The number of piperazine rings is 1. The molecule has 2 aromatic rings. The molecular formula is C20H25ClN3O3S+. The van der Waals surface area contributed by atoms with Gasteiger partial charge in [-0.3, -0.25) is 4.79 Å². The van der Waals surface area contributed by atoms with Crippen LogP contribution in [0.25, 0.3) is 0 Å². The smallest absolute Gasteiger partial charge is 0.279 e. The van der Waals surface area contributed by atoms with Gasteiger partial charge in [0, 0.05) is 10.7 Å². The van der Waals surface area contributed by atoms with Crippen LogP contribution in [0.15, 0.2) is 48.5 Å². The van der Waals surface area contributed by atoms with Crippen molar-refractivity contribution < 1.29 is 18.1 Å². The maximum atomic E-state index is 12.6. The van der Waals surface area contributed by atoms with E-state index >= 15 is 0 Å². The monoisotopic (exact) mass is 422 g/mol. The van der Waals surface area contributed by atoms with E-state index in [4.69, 9.17) is 11.6 Å². The fourth-order valence-corrected chi connectivity index (χ4v) is 4.99. The van der Waals surface area contributed by atoms with E-state index in [0.29, 0.717) is 43.4 Å². The van der Waals surface area contributed by atoms with Gasteiger partial charge in [-0.1, -0.05) is 48.0 Å². The van der Waals surface area contributed by atoms with E-state index in [0.717, 1.165) is 16.0 Å². The predicted molar refractivity (Wildman–Crippen MR) is 111 cm³/mol. The van der Waals surface area contributed by atoms with Crippen molar-refractivity contribution in [2.75, 3.05) is 38.0 Å². The number of rotatable bonds is 6. The zero-order valence-corrected chi connectivity index (χ0v) is 17.4. The summed E-state index contributed by atoms with van der Waals surface area (Å²) in [7, 11) is -3.34. The Kier molecular flexibility index (Phi) is 6.72. The van der Waals surface area contributed by atoms with Gasteiger partial charge in [-0.25, -0.2) is 8.42 Å². The van der Waals surface area contributed by atoms with Crippen molar-refractivity contribution in [2.24, 2.45) is 0 Å². The average Bonchev–Trinajstić information content (AvgIpc) is 2.65. The topological polar surface area (TPSA) is 70.9 Å². The van der Waals surface area contributed by atoms with Crippen molar-refractivity contribution in [1.82, 2.24) is 4.31 Å². The fourth-order valence-electron chi connectivity index (χ4n) is 3.28. The summed E-state index contributed by atoms with van der Waals surface area (Å²) >= 11 is 5.99. The second-order valence-corrected chi connectivity index (χ2v) is 9.48. The maximum absolute atomic E-state index is 12.6. The van der Waals surface area contributed by atoms with Crippen LogP contribution in [-0.4, -0.2) is 51.4 Å². The number of carbonyl (C=O) groups excluding carboxylic acids is 1. The zero-order valence-electron chi connectivity index (χ0n) is 15.8. The van der Waals surface area contributed by atoms with Crippen LogP contribution in [0, 0.1) is 6.92 Å². The normalized spacial score (nSPS) is 16.1. The van der Waals surface area contributed by atoms with Crippen LogP contribution in [0.3, 0.4) is 0 Å². The molecular weight excluding hydrogens is 398 g/mol. The molecule has 0 aliphatic carbocycles. The number of sulfonamides is 1. The number of hydrogen-bond acceptors (Lipinski definition) is 3. The molecule has 0 saturated carbocycles. The van der Waals surface area contributed by atoms with Gasteiger partial charge in [0.2, 0.25) is 10.0 Å². The molecule has 150 valence electrons. The van der Waals surface area contributed by atoms with E-state index in [2.05, 4.69) is 5.32 Å². The minimum atomic E-state index is -3.34. The lowest BCUT2D eigenvalue weighted by molar-refractivity contribution is -0.895. The van der Waals surface area contributed by atoms with Crippen LogP contribution >= 0.6 is 11.6 Å². The van der Waals surface area contributed by atoms with Crippen LogP contribution in [0.1, 0.15) is 11.1 Å². The molecule has 1 fully saturated rings. The molecule has 8 heteroatoms. The molecule has 28 heavy (non-hydrogen) atoms. The van der Waals surface area contributed by atoms with Crippen LogP contribution in [0.5, 0.6) is 0 Å². The molecule has 0 bridgehead atoms. The lowest BCUT2D eigenvalue weighted by Gasteiger charge is -2.31. The van der Waals surface area contributed by atoms with E-state index in [1.807, 2.05) is 43.3 Å². The first-order valence-corrected chi connectivity index (χ1v) is 11.2. The second kappa shape index (κ2) is 9.05. The first kappa shape index (κ1) is 20.8. The van der Waals surface area contributed by atoms with E-state index < -0.39 is 10.0 Å². The molecule has 0 aromatic heterocycles. The number of aryl methyl sites for hydroxylation is 1. The van der Waals surface area contributed by atoms with Crippen molar-refractivity contribution >= 4 is 33.2 Å². The third-order valence-corrected chi connectivity index (χ3v) is 6.98. The SMILES string of the molecule is Cc1ccc(Cl)cc1NC(=O)C[NH+]1CCN(S(=O)(=O)Cc2ccccc2)CC1. The first-order chi connectivity index (χ1) is 13.3. The lowest BCUT2D eigenvalue weighted by atomic mass is 10.2. The summed E-state index contributed by atoms with van der Waals surface area (Å²) in [6.07, 6.45) is 0. The van der Waals surface area contributed by atoms with Crippen LogP contribution < -0.4 is 10.2 Å². The van der Waals surface area contributed by atoms with E-state index in [-0.39, 0.29) is 11.7 Å². The Bertz CT molecular complexity index is 927. The van der Waals surface area contributed by atoms with Gasteiger partial charge in [-0.2, -0.15) is 4.31 Å². The number of carbonyl (C=O) groups is 1. The molecule has 0 spiro atoms. The third kappa shape index (κ3) is 5.54. The molecule has 1 aliphatic heterocycles. The Morgan fingerprint density at radius 1 is 1.14 bits per heavy atom. The number of halogens is 1. The molecule has 1 heterocycles. The number of quaternary nitrogens is 1. The second-order valence-electron chi connectivity index (χ2n) is 7.08. The van der Waals surface area contributed by atoms with E-state index in [1.165, 1.54) is 4.31 Å². The van der Waals surface area contributed by atoms with Gasteiger partial charge in [-0.15, -0.1) is 0 Å². The number of nitrogens with one attached hydrogen (secondary N) is 2. The maximum Gasteiger partial charge on any atom is 0.279 e. The van der Waals surface area contributed by atoms with Gasteiger partial charge in [0.25, 0.3) is 5.91 Å². The Balaban J connectivity index is 1.51. The van der Waals surface area contributed by atoms with Gasteiger partial charge in [0.05, 0.1) is 31.9 Å². The molecule has 2 aromatic carbocycles. The van der Waals surface area contributed by atoms with E-state index in [1.54, 1.807) is 12.1 Å². The molecule has 0 atom stereocenters. The van der Waals surface area contributed by atoms with Gasteiger partial charge in [-0.05, 0) is 30.2 Å². The average molecular weight is 423 g/mol. The van der Waals surface area contributed by atoms with Gasteiger partial charge < -0.3 is 10.2 Å². The van der Waals surface area contributed by atoms with Crippen molar-refractivity contribution in [2.45, 2.75) is 12.7 Å². The van der Waals surface area contributed by atoms with Crippen molar-refractivity contribution in [3.8, 4) is 0 Å². The van der Waals surface area contributed by atoms with Crippen molar-refractivity contribution in [3.63, 3.8) is 0 Å². The Morgan fingerprint density at radius 2 is 1.82 bits per heavy atom. The number of anilines is 1. The first-order valence-electron chi connectivity index (χ1n) is 9.25. The van der Waals surface area contributed by atoms with Crippen LogP contribution in [0.2, 0.25) is 5.02 Å². The number of nitrogens with zero attached hydrogens (tertiary/aromatic N) is 1. The van der Waals surface area contributed by atoms with Gasteiger partial charge in [0.1, 0.15) is 0 Å². The Labute approximate surface area is 171 Å². The largest absolute Gasteiger partial charge is 0.325 e. The minimum absolute atomic E-state index is 0.0116. The molecule has 0 unspecified atom stereocenters. The van der Waals surface area contributed by atoms with Crippen LogP contribution in [-0.2, 0) is 20.6 Å². The third-order valence-electron chi connectivity index (χ3n) is 4.90. The zero-order chi connectivity index (χ0) is 20.1. The molecule has 6 nitrogen and oxygen atoms in total. The molecule has 0 radical (unpaired) electrons. The summed E-state index contributed by atoms with van der Waals surface area (Å²) in [4.78, 5) is 13.4. The summed E-state index contributed by atoms with van der Waals surface area (Å²) < 4.78 is 26.8. The molecule has 1 saturated heterocycles. The lowest BCUT2D eigenvalue weighted by Crippen LogP contribution is -3.15. The molecule has 1 aliphatic rings. The Morgan fingerprint density at radius 3 is 2.50 bits per heavy atom. The summed E-state index contributed by atoms with van der Waals surface area (Å²) in [5.74, 6) is -0.0847. The highest BCUT2D eigenvalue weighted by molar-refractivity contribution is 7.88. The summed E-state index contributed by atoms with van der Waals surface area (Å²) in [5, 5.41) is 3.47. The fraction of sp³-hybridized carbons (Fsp3) is 0.350.